The number of benzene rings is 2. The first-order valence-electron chi connectivity index (χ1n) is 6.80. The minimum atomic E-state index is -2.86. The Morgan fingerprint density at radius 2 is 1.23 bits per heavy atom. The Morgan fingerprint density at radius 3 is 1.55 bits per heavy atom. The lowest BCUT2D eigenvalue weighted by Gasteiger charge is -2.19. The van der Waals surface area contributed by atoms with E-state index in [1.54, 1.807) is 36.4 Å². The molecule has 0 aliphatic heterocycles. The second-order valence-corrected chi connectivity index (χ2v) is 4.56. The minimum Gasteiger partial charge on any atom is -0.424 e. The van der Waals surface area contributed by atoms with Gasteiger partial charge in [-0.15, -0.1) is 0 Å². The first-order chi connectivity index (χ1) is 10.6. The monoisotopic (exact) mass is 302 g/mol. The van der Waals surface area contributed by atoms with Crippen LogP contribution < -0.4 is 9.47 Å². The highest BCUT2D eigenvalue weighted by Gasteiger charge is 2.49. The average molecular weight is 302 g/mol. The van der Waals surface area contributed by atoms with Crippen molar-refractivity contribution in [3.05, 3.63) is 60.7 Å². The fraction of sp³-hybridized carbons (Fsp3) is 0.176. The number of para-hydroxylation sites is 2. The van der Waals surface area contributed by atoms with Gasteiger partial charge in [0, 0.05) is 6.42 Å². The topological polar surface area (TPSA) is 52.6 Å². The average Bonchev–Trinajstić information content (AvgIpc) is 2.55. The zero-order chi connectivity index (χ0) is 16.0. The van der Waals surface area contributed by atoms with Crippen LogP contribution in [0.25, 0.3) is 0 Å². The summed E-state index contributed by atoms with van der Waals surface area (Å²) in [5.41, 5.74) is -2.86. The Kier molecular flexibility index (Phi) is 4.88. The predicted octanol–water partition coefficient (Wildman–Crippen LogP) is 3.32. The van der Waals surface area contributed by atoms with Crippen molar-refractivity contribution in [2.24, 2.45) is 0 Å². The molecule has 0 bridgehead atoms. The summed E-state index contributed by atoms with van der Waals surface area (Å²) in [7, 11) is 0. The van der Waals surface area contributed by atoms with E-state index in [9.17, 15) is 14.0 Å². The van der Waals surface area contributed by atoms with Gasteiger partial charge in [-0.1, -0.05) is 43.3 Å². The van der Waals surface area contributed by atoms with Gasteiger partial charge in [-0.05, 0) is 24.3 Å². The number of alkyl halides is 1. The number of carbonyl (C=O) groups excluding carboxylic acids is 2. The number of hydrogen-bond donors (Lipinski definition) is 0. The molecule has 2 rings (SSSR count). The molecule has 2 aromatic carbocycles. The highest BCUT2D eigenvalue weighted by atomic mass is 19.1. The standard InChI is InChI=1S/C17H15FO4/c1-2-17(18,15(19)21-13-9-5-3-6-10-13)16(20)22-14-11-7-4-8-12-14/h3-12H,2H2,1H3. The number of hydrogen-bond acceptors (Lipinski definition) is 4. The smallest absolute Gasteiger partial charge is 0.361 e. The molecule has 0 N–H and O–H groups in total. The number of halogens is 1. The van der Waals surface area contributed by atoms with E-state index in [1.165, 1.54) is 31.2 Å². The van der Waals surface area contributed by atoms with E-state index < -0.39 is 17.6 Å². The fourth-order valence-electron chi connectivity index (χ4n) is 1.72. The lowest BCUT2D eigenvalue weighted by atomic mass is 10.0. The highest BCUT2D eigenvalue weighted by Crippen LogP contribution is 2.24. The second-order valence-electron chi connectivity index (χ2n) is 4.56. The molecule has 0 aliphatic rings. The first-order valence-corrected chi connectivity index (χ1v) is 6.80. The molecular weight excluding hydrogens is 287 g/mol. The summed E-state index contributed by atoms with van der Waals surface area (Å²) >= 11 is 0. The zero-order valence-electron chi connectivity index (χ0n) is 12.0. The molecule has 0 unspecified atom stereocenters. The van der Waals surface area contributed by atoms with Gasteiger partial charge >= 0.3 is 17.6 Å². The van der Waals surface area contributed by atoms with Gasteiger partial charge in [-0.3, -0.25) is 0 Å². The molecular formula is C17H15FO4. The molecule has 0 aromatic heterocycles. The van der Waals surface area contributed by atoms with E-state index in [2.05, 4.69) is 0 Å². The van der Waals surface area contributed by atoms with Crippen LogP contribution in [0.3, 0.4) is 0 Å². The Balaban J connectivity index is 2.13. The Morgan fingerprint density at radius 1 is 0.864 bits per heavy atom. The quantitative estimate of drug-likeness (QED) is 0.483. The lowest BCUT2D eigenvalue weighted by Crippen LogP contribution is -2.47. The molecule has 0 atom stereocenters. The van der Waals surface area contributed by atoms with Gasteiger partial charge in [-0.2, -0.15) is 0 Å². The van der Waals surface area contributed by atoms with Crippen molar-refractivity contribution >= 4 is 11.9 Å². The van der Waals surface area contributed by atoms with Crippen LogP contribution in [0.2, 0.25) is 0 Å². The van der Waals surface area contributed by atoms with Crippen LogP contribution in [0.5, 0.6) is 11.5 Å². The number of rotatable bonds is 5. The number of esters is 2. The van der Waals surface area contributed by atoms with E-state index in [0.29, 0.717) is 0 Å². The van der Waals surface area contributed by atoms with Crippen molar-refractivity contribution in [3.8, 4) is 11.5 Å². The van der Waals surface area contributed by atoms with E-state index in [4.69, 9.17) is 9.47 Å². The molecule has 114 valence electrons. The molecule has 2 aromatic rings. The van der Waals surface area contributed by atoms with Crippen molar-refractivity contribution in [3.63, 3.8) is 0 Å². The van der Waals surface area contributed by atoms with Crippen molar-refractivity contribution < 1.29 is 23.5 Å². The SMILES string of the molecule is CCC(F)(C(=O)Oc1ccccc1)C(=O)Oc1ccccc1. The summed E-state index contributed by atoms with van der Waals surface area (Å²) in [5.74, 6) is -2.25. The van der Waals surface area contributed by atoms with Crippen molar-refractivity contribution in [2.45, 2.75) is 19.0 Å². The Bertz CT molecular complexity index is 587. The van der Waals surface area contributed by atoms with Gasteiger partial charge in [0.25, 0.3) is 0 Å². The van der Waals surface area contributed by atoms with Crippen molar-refractivity contribution in [2.75, 3.05) is 0 Å². The number of ether oxygens (including phenoxy) is 2. The van der Waals surface area contributed by atoms with Crippen LogP contribution >= 0.6 is 0 Å². The highest BCUT2D eigenvalue weighted by molar-refractivity contribution is 6.04. The second kappa shape index (κ2) is 6.85. The molecule has 0 radical (unpaired) electrons. The normalized spacial score (nSPS) is 10.8. The van der Waals surface area contributed by atoms with E-state index >= 15 is 0 Å². The maximum Gasteiger partial charge on any atom is 0.361 e. The third-order valence-corrected chi connectivity index (χ3v) is 3.04. The predicted molar refractivity (Wildman–Crippen MR) is 78.3 cm³/mol. The molecule has 0 heterocycles. The Labute approximate surface area is 127 Å². The Hall–Kier alpha value is -2.69. The van der Waals surface area contributed by atoms with Crippen LogP contribution in [0.15, 0.2) is 60.7 Å². The third-order valence-electron chi connectivity index (χ3n) is 3.04. The van der Waals surface area contributed by atoms with Crippen LogP contribution in [0.4, 0.5) is 4.39 Å². The number of carbonyl (C=O) groups is 2. The van der Waals surface area contributed by atoms with Crippen LogP contribution in [0.1, 0.15) is 13.3 Å². The molecule has 5 heteroatoms. The van der Waals surface area contributed by atoms with Crippen LogP contribution in [-0.2, 0) is 9.59 Å². The molecule has 0 saturated carbocycles. The van der Waals surface area contributed by atoms with Crippen molar-refractivity contribution in [1.82, 2.24) is 0 Å². The van der Waals surface area contributed by atoms with E-state index in [-0.39, 0.29) is 17.9 Å². The zero-order valence-corrected chi connectivity index (χ0v) is 12.0. The summed E-state index contributed by atoms with van der Waals surface area (Å²) in [6.45, 7) is 1.37. The maximum atomic E-state index is 14.7. The molecule has 0 spiro atoms. The van der Waals surface area contributed by atoms with E-state index in [0.717, 1.165) is 0 Å². The molecule has 0 fully saturated rings. The van der Waals surface area contributed by atoms with Crippen molar-refractivity contribution in [1.29, 1.82) is 0 Å². The van der Waals surface area contributed by atoms with Gasteiger partial charge in [0.2, 0.25) is 0 Å². The maximum absolute atomic E-state index is 14.7. The van der Waals surface area contributed by atoms with Crippen LogP contribution in [0, 0.1) is 0 Å². The minimum absolute atomic E-state index is 0.162. The first kappa shape index (κ1) is 15.7. The lowest BCUT2D eigenvalue weighted by molar-refractivity contribution is -0.163. The third kappa shape index (κ3) is 3.49. The molecule has 4 nitrogen and oxygen atoms in total. The van der Waals surface area contributed by atoms with Gasteiger partial charge in [0.05, 0.1) is 0 Å². The van der Waals surface area contributed by atoms with Crippen LogP contribution in [-0.4, -0.2) is 17.6 Å². The van der Waals surface area contributed by atoms with Gasteiger partial charge < -0.3 is 9.47 Å². The molecule has 0 aliphatic carbocycles. The summed E-state index contributed by atoms with van der Waals surface area (Å²) in [4.78, 5) is 24.0. The fourth-order valence-corrected chi connectivity index (χ4v) is 1.72. The molecule has 0 amide bonds. The molecule has 22 heavy (non-hydrogen) atoms. The van der Waals surface area contributed by atoms with Gasteiger partial charge in [-0.25, -0.2) is 14.0 Å². The van der Waals surface area contributed by atoms with Gasteiger partial charge in [0.15, 0.2) is 0 Å². The van der Waals surface area contributed by atoms with Gasteiger partial charge in [0.1, 0.15) is 11.5 Å². The summed E-state index contributed by atoms with van der Waals surface area (Å²) in [5, 5.41) is 0. The summed E-state index contributed by atoms with van der Waals surface area (Å²) < 4.78 is 24.6. The molecule has 0 saturated heterocycles. The summed E-state index contributed by atoms with van der Waals surface area (Å²) in [6, 6.07) is 16.0. The summed E-state index contributed by atoms with van der Waals surface area (Å²) in [6.07, 6.45) is -0.385. The van der Waals surface area contributed by atoms with E-state index in [1.807, 2.05) is 0 Å². The largest absolute Gasteiger partial charge is 0.424 e.